The molecule has 29 heavy (non-hydrogen) atoms. The smallest absolute Gasteiger partial charge is 0.225 e. The van der Waals surface area contributed by atoms with Crippen molar-refractivity contribution in [2.24, 2.45) is 5.18 Å². The fourth-order valence-corrected chi connectivity index (χ4v) is 4.19. The van der Waals surface area contributed by atoms with Gasteiger partial charge >= 0.3 is 0 Å². The molecule has 0 aromatic heterocycles. The quantitative estimate of drug-likeness (QED) is 0.662. The zero-order chi connectivity index (χ0) is 20.6. The van der Waals surface area contributed by atoms with Gasteiger partial charge in [-0.3, -0.25) is 0 Å². The van der Waals surface area contributed by atoms with E-state index in [4.69, 9.17) is 9.47 Å². The summed E-state index contributed by atoms with van der Waals surface area (Å²) in [6.07, 6.45) is -2.40. The first-order valence-corrected chi connectivity index (χ1v) is 9.83. The molecule has 5 atom stereocenters. The third-order valence-electron chi connectivity index (χ3n) is 5.90. The Morgan fingerprint density at radius 1 is 1.10 bits per heavy atom. The lowest BCUT2D eigenvalue weighted by molar-refractivity contribution is -0.351. The molecule has 0 amide bonds. The standard InChI is InChI=1S/C22H25NO6/c1-2-13-3-5-14(6-4-13)9-15-7-8-16-12-28-22(17(16)10-15)21(26)20(25)19(23-27)18(11-24)29-22/h3-8,10,18-21,24-26H,2,9,11-12H2,1H3/t18?,19?,20?,21?,22-/m1/s1. The predicted octanol–water partition coefficient (Wildman–Crippen LogP) is 1.77. The molecule has 1 spiro atoms. The van der Waals surface area contributed by atoms with Gasteiger partial charge in [-0.25, -0.2) is 0 Å². The fraction of sp³-hybridized carbons (Fsp3) is 0.455. The maximum atomic E-state index is 11.1. The maximum absolute atomic E-state index is 11.1. The van der Waals surface area contributed by atoms with E-state index in [2.05, 4.69) is 36.4 Å². The van der Waals surface area contributed by atoms with Gasteiger partial charge in [-0.15, -0.1) is 0 Å². The zero-order valence-electron chi connectivity index (χ0n) is 16.2. The predicted molar refractivity (Wildman–Crippen MR) is 105 cm³/mol. The number of nitroso groups, excluding NO2 is 1. The molecule has 0 aliphatic carbocycles. The van der Waals surface area contributed by atoms with Gasteiger partial charge in [0.1, 0.15) is 24.4 Å². The molecule has 0 saturated carbocycles. The average molecular weight is 399 g/mol. The maximum Gasteiger partial charge on any atom is 0.225 e. The van der Waals surface area contributed by atoms with Crippen LogP contribution in [0.3, 0.4) is 0 Å². The van der Waals surface area contributed by atoms with Crippen LogP contribution < -0.4 is 0 Å². The number of hydrogen-bond donors (Lipinski definition) is 3. The van der Waals surface area contributed by atoms with E-state index >= 15 is 0 Å². The topological polar surface area (TPSA) is 109 Å². The number of benzene rings is 2. The van der Waals surface area contributed by atoms with E-state index in [1.54, 1.807) is 0 Å². The largest absolute Gasteiger partial charge is 0.394 e. The molecule has 2 heterocycles. The van der Waals surface area contributed by atoms with Crippen LogP contribution in [0.5, 0.6) is 0 Å². The van der Waals surface area contributed by atoms with Crippen molar-refractivity contribution in [1.29, 1.82) is 0 Å². The van der Waals surface area contributed by atoms with Crippen LogP contribution in [0.4, 0.5) is 0 Å². The number of aryl methyl sites for hydroxylation is 1. The van der Waals surface area contributed by atoms with E-state index in [0.29, 0.717) is 12.0 Å². The summed E-state index contributed by atoms with van der Waals surface area (Å²) in [4.78, 5) is 11.1. The number of aliphatic hydroxyl groups is 3. The second-order valence-corrected chi connectivity index (χ2v) is 7.66. The average Bonchev–Trinajstić information content (AvgIpc) is 3.11. The van der Waals surface area contributed by atoms with E-state index in [-0.39, 0.29) is 6.61 Å². The monoisotopic (exact) mass is 399 g/mol. The molecule has 0 radical (unpaired) electrons. The number of hydrogen-bond acceptors (Lipinski definition) is 7. The van der Waals surface area contributed by atoms with Gasteiger partial charge in [0.15, 0.2) is 0 Å². The highest BCUT2D eigenvalue weighted by atomic mass is 16.7. The van der Waals surface area contributed by atoms with Crippen LogP contribution in [0.15, 0.2) is 47.6 Å². The van der Waals surface area contributed by atoms with Crippen molar-refractivity contribution in [2.45, 2.75) is 56.5 Å². The normalized spacial score (nSPS) is 31.0. The molecule has 4 rings (SSSR count). The van der Waals surface area contributed by atoms with E-state index in [1.165, 1.54) is 5.56 Å². The Hall–Kier alpha value is -2.16. The third-order valence-corrected chi connectivity index (χ3v) is 5.90. The Morgan fingerprint density at radius 2 is 1.79 bits per heavy atom. The van der Waals surface area contributed by atoms with Gasteiger partial charge in [-0.1, -0.05) is 48.5 Å². The van der Waals surface area contributed by atoms with Crippen molar-refractivity contribution in [3.8, 4) is 0 Å². The first-order valence-electron chi connectivity index (χ1n) is 9.83. The number of aliphatic hydroxyl groups excluding tert-OH is 3. The Balaban J connectivity index is 1.66. The summed E-state index contributed by atoms with van der Waals surface area (Å²) in [5, 5.41) is 33.6. The molecule has 3 N–H and O–H groups in total. The minimum atomic E-state index is -1.63. The summed E-state index contributed by atoms with van der Waals surface area (Å²) >= 11 is 0. The second-order valence-electron chi connectivity index (χ2n) is 7.66. The van der Waals surface area contributed by atoms with Crippen molar-refractivity contribution in [2.75, 3.05) is 6.61 Å². The minimum Gasteiger partial charge on any atom is -0.394 e. The first-order chi connectivity index (χ1) is 14.0. The third kappa shape index (κ3) is 3.39. The Morgan fingerprint density at radius 3 is 2.45 bits per heavy atom. The number of ether oxygens (including phenoxy) is 2. The molecule has 154 valence electrons. The summed E-state index contributed by atoms with van der Waals surface area (Å²) in [7, 11) is 0. The van der Waals surface area contributed by atoms with Crippen molar-refractivity contribution in [3.05, 3.63) is 75.2 Å². The Bertz CT molecular complexity index is 883. The van der Waals surface area contributed by atoms with Gasteiger partial charge < -0.3 is 24.8 Å². The molecular weight excluding hydrogens is 374 g/mol. The van der Waals surface area contributed by atoms with Gasteiger partial charge in [0.05, 0.1) is 13.2 Å². The molecular formula is C22H25NO6. The summed E-state index contributed by atoms with van der Waals surface area (Å²) in [6, 6.07) is 12.9. The molecule has 4 unspecified atom stereocenters. The van der Waals surface area contributed by atoms with Crippen molar-refractivity contribution >= 4 is 0 Å². The molecule has 2 aliphatic heterocycles. The SMILES string of the molecule is CCc1ccc(Cc2ccc3c(c2)[C@@]2(OC3)OC(CO)C(N=O)C(O)C2O)cc1. The molecule has 2 aromatic rings. The minimum absolute atomic E-state index is 0.196. The first kappa shape index (κ1) is 20.1. The summed E-state index contributed by atoms with van der Waals surface area (Å²) in [5.41, 5.74) is 4.86. The van der Waals surface area contributed by atoms with Crippen LogP contribution in [0.2, 0.25) is 0 Å². The highest BCUT2D eigenvalue weighted by molar-refractivity contribution is 5.41. The van der Waals surface area contributed by atoms with Gasteiger partial charge in [-0.2, -0.15) is 4.91 Å². The van der Waals surface area contributed by atoms with Gasteiger partial charge in [0, 0.05) is 5.56 Å². The van der Waals surface area contributed by atoms with Crippen LogP contribution >= 0.6 is 0 Å². The van der Waals surface area contributed by atoms with E-state index < -0.39 is 36.7 Å². The fourth-order valence-electron chi connectivity index (χ4n) is 4.19. The van der Waals surface area contributed by atoms with Crippen LogP contribution in [-0.2, 0) is 34.7 Å². The van der Waals surface area contributed by atoms with Gasteiger partial charge in [0.2, 0.25) is 5.79 Å². The molecule has 1 saturated heterocycles. The molecule has 2 aliphatic rings. The van der Waals surface area contributed by atoms with Crippen LogP contribution in [0.1, 0.15) is 34.7 Å². The summed E-state index contributed by atoms with van der Waals surface area (Å²) in [5.74, 6) is -1.63. The van der Waals surface area contributed by atoms with Crippen molar-refractivity contribution in [3.63, 3.8) is 0 Å². The van der Waals surface area contributed by atoms with E-state index in [0.717, 1.165) is 23.1 Å². The molecule has 1 fully saturated rings. The van der Waals surface area contributed by atoms with Crippen molar-refractivity contribution in [1.82, 2.24) is 0 Å². The number of rotatable bonds is 5. The van der Waals surface area contributed by atoms with Gasteiger partial charge in [-0.05, 0) is 41.2 Å². The van der Waals surface area contributed by atoms with Gasteiger partial charge in [0.25, 0.3) is 0 Å². The highest BCUT2D eigenvalue weighted by Crippen LogP contribution is 2.46. The number of fused-ring (bicyclic) bond motifs is 2. The number of nitrogens with zero attached hydrogens (tertiary/aromatic N) is 1. The Kier molecular flexibility index (Phi) is 5.50. The molecule has 2 aromatic carbocycles. The van der Waals surface area contributed by atoms with Crippen LogP contribution in [-0.4, -0.2) is 46.3 Å². The molecule has 7 heteroatoms. The van der Waals surface area contributed by atoms with Crippen molar-refractivity contribution < 1.29 is 24.8 Å². The lowest BCUT2D eigenvalue weighted by atomic mass is 9.85. The summed E-state index contributed by atoms with van der Waals surface area (Å²) in [6.45, 7) is 1.79. The lowest BCUT2D eigenvalue weighted by Crippen LogP contribution is -2.62. The zero-order valence-corrected chi connectivity index (χ0v) is 16.2. The molecule has 0 bridgehead atoms. The molecule has 7 nitrogen and oxygen atoms in total. The summed E-state index contributed by atoms with van der Waals surface area (Å²) < 4.78 is 11.7. The van der Waals surface area contributed by atoms with E-state index in [1.807, 2.05) is 18.2 Å². The second kappa shape index (κ2) is 7.93. The highest BCUT2D eigenvalue weighted by Gasteiger charge is 2.59. The van der Waals surface area contributed by atoms with Crippen LogP contribution in [0.25, 0.3) is 0 Å². The Labute approximate surface area is 168 Å². The van der Waals surface area contributed by atoms with E-state index in [9.17, 15) is 20.2 Å². The van der Waals surface area contributed by atoms with Crippen LogP contribution in [0, 0.1) is 4.91 Å². The lowest BCUT2D eigenvalue weighted by Gasteiger charge is -2.45.